The lowest BCUT2D eigenvalue weighted by molar-refractivity contribution is 0.0779. The molecule has 1 unspecified atom stereocenters. The maximum Gasteiger partial charge on any atom is 0.326 e. The van der Waals surface area contributed by atoms with Crippen LogP contribution < -0.4 is 5.32 Å². The second kappa shape index (κ2) is 9.27. The summed E-state index contributed by atoms with van der Waals surface area (Å²) in [5, 5.41) is 12.8. The average molecular weight is 552 g/mol. The molecule has 0 bridgehead atoms. The van der Waals surface area contributed by atoms with Gasteiger partial charge in [0.1, 0.15) is 0 Å². The Morgan fingerprint density at radius 2 is 1.97 bits per heavy atom. The predicted molar refractivity (Wildman–Crippen MR) is 151 cm³/mol. The van der Waals surface area contributed by atoms with Gasteiger partial charge < -0.3 is 14.8 Å². The number of rotatable bonds is 7. The number of benzene rings is 1. The van der Waals surface area contributed by atoms with E-state index in [-0.39, 0.29) is 5.92 Å². The molecule has 2 aliphatic rings. The van der Waals surface area contributed by atoms with E-state index in [9.17, 15) is 14.1 Å². The molecular formula is C28H43N3O4SSi. The number of nitrogens with zero attached hydrogens (tertiary/aromatic N) is 1. The fraction of sp³-hybridized carbons (Fsp3) is 0.607. The van der Waals surface area contributed by atoms with Crippen LogP contribution >= 0.6 is 0 Å². The zero-order valence-electron chi connectivity index (χ0n) is 28.5. The standard InChI is InChI=1S/C28H43N3O4SSi/c1-18(19-12-13-19)22-15-14-20-10-9-11-23(20)25(22)30-26(32)31(37(7,8)27(2,3)4)36(29,34)24-16-21(17-35-24)28(5,6)33/h14-19,29,33H,9-13H2,1-8H3,(H,30,32)/t18-,36?/m0/s1/i5D3,6D3. The lowest BCUT2D eigenvalue weighted by atomic mass is 9.91. The van der Waals surface area contributed by atoms with Crippen LogP contribution in [-0.4, -0.2) is 27.6 Å². The van der Waals surface area contributed by atoms with Gasteiger partial charge in [-0.15, -0.1) is 0 Å². The summed E-state index contributed by atoms with van der Waals surface area (Å²) in [6.45, 7) is 4.65. The Morgan fingerprint density at radius 1 is 1.30 bits per heavy atom. The van der Waals surface area contributed by atoms with Crippen LogP contribution in [0.2, 0.25) is 18.1 Å². The molecule has 0 radical (unpaired) electrons. The zero-order valence-corrected chi connectivity index (χ0v) is 24.3. The van der Waals surface area contributed by atoms with Crippen molar-refractivity contribution >= 4 is 29.9 Å². The average Bonchev–Trinajstić information content (AvgIpc) is 3.36. The molecule has 1 fully saturated rings. The fourth-order valence-corrected chi connectivity index (χ4v) is 10.7. The number of fused-ring (bicyclic) bond motifs is 1. The molecule has 0 saturated heterocycles. The van der Waals surface area contributed by atoms with Gasteiger partial charge in [-0.2, -0.15) is 0 Å². The lowest BCUT2D eigenvalue weighted by Gasteiger charge is -2.45. The molecule has 2 amide bonds. The van der Waals surface area contributed by atoms with Gasteiger partial charge >= 0.3 is 6.03 Å². The smallest absolute Gasteiger partial charge is 0.326 e. The van der Waals surface area contributed by atoms with Gasteiger partial charge in [-0.3, -0.25) is 3.97 Å². The highest BCUT2D eigenvalue weighted by atomic mass is 32.2. The number of hydrogen-bond donors (Lipinski definition) is 3. The van der Waals surface area contributed by atoms with Gasteiger partial charge in [0.15, 0.2) is 18.2 Å². The summed E-state index contributed by atoms with van der Waals surface area (Å²) in [5.74, 6) is 0.719. The first-order valence-corrected chi connectivity index (χ1v) is 17.3. The number of hydrogen-bond acceptors (Lipinski definition) is 5. The maximum absolute atomic E-state index is 14.5. The van der Waals surface area contributed by atoms with E-state index in [1.165, 1.54) is 0 Å². The predicted octanol–water partition coefficient (Wildman–Crippen LogP) is 7.37. The highest BCUT2D eigenvalue weighted by Gasteiger charge is 2.50. The largest absolute Gasteiger partial charge is 0.452 e. The van der Waals surface area contributed by atoms with E-state index in [2.05, 4.69) is 24.4 Å². The highest BCUT2D eigenvalue weighted by molar-refractivity contribution is 7.92. The second-order valence-electron chi connectivity index (χ2n) is 12.1. The summed E-state index contributed by atoms with van der Waals surface area (Å²) >= 11 is 0. The van der Waals surface area contributed by atoms with E-state index in [0.29, 0.717) is 17.9 Å². The molecule has 1 aromatic carbocycles. The molecule has 37 heavy (non-hydrogen) atoms. The molecule has 204 valence electrons. The van der Waals surface area contributed by atoms with Crippen molar-refractivity contribution in [1.82, 2.24) is 3.97 Å². The minimum Gasteiger partial charge on any atom is -0.452 e. The van der Waals surface area contributed by atoms with Gasteiger partial charge in [-0.25, -0.2) is 13.8 Å². The number of carbonyl (C=O) groups excluding carboxylic acids is 1. The van der Waals surface area contributed by atoms with Crippen LogP contribution in [0.1, 0.15) is 97.1 Å². The van der Waals surface area contributed by atoms with Crippen molar-refractivity contribution in [1.29, 1.82) is 4.78 Å². The summed E-state index contributed by atoms with van der Waals surface area (Å²) < 4.78 is 76.6. The molecule has 2 aromatic rings. The van der Waals surface area contributed by atoms with Crippen LogP contribution in [0, 0.1) is 10.7 Å². The van der Waals surface area contributed by atoms with Crippen molar-refractivity contribution in [2.24, 2.45) is 5.92 Å². The van der Waals surface area contributed by atoms with E-state index in [1.54, 1.807) is 0 Å². The normalized spacial score (nSPS) is 21.8. The van der Waals surface area contributed by atoms with Gasteiger partial charge in [-0.1, -0.05) is 39.8 Å². The lowest BCUT2D eigenvalue weighted by Crippen LogP contribution is -2.60. The number of furan rings is 1. The van der Waals surface area contributed by atoms with E-state index in [4.69, 9.17) is 17.4 Å². The first-order valence-electron chi connectivity index (χ1n) is 15.8. The summed E-state index contributed by atoms with van der Waals surface area (Å²) in [5.41, 5.74) is -0.122. The Morgan fingerprint density at radius 3 is 2.57 bits per heavy atom. The van der Waals surface area contributed by atoms with Gasteiger partial charge in [0.25, 0.3) is 0 Å². The van der Waals surface area contributed by atoms with Crippen LogP contribution in [0.3, 0.4) is 0 Å². The zero-order chi connectivity index (χ0) is 32.6. The van der Waals surface area contributed by atoms with Crippen LogP contribution in [-0.2, 0) is 28.4 Å². The molecule has 1 saturated carbocycles. The molecule has 1 aromatic heterocycles. The summed E-state index contributed by atoms with van der Waals surface area (Å²) in [4.78, 5) is 14.4. The Bertz CT molecular complexity index is 1490. The SMILES string of the molecule is [2H]C([2H])([2H])C(O)(c1coc(S(=N)(=O)N(C(=O)Nc2c([C@@H](C)C3CC3)ccc3c2CCC3)[Si](C)(C)C(C)(C)C)c1)C([2H])([2H])[2H]. The van der Waals surface area contributed by atoms with Crippen molar-refractivity contribution in [2.75, 3.05) is 5.32 Å². The molecule has 7 nitrogen and oxygen atoms in total. The molecule has 2 atom stereocenters. The highest BCUT2D eigenvalue weighted by Crippen LogP contribution is 2.47. The number of aryl methyl sites for hydroxylation is 1. The molecule has 0 spiro atoms. The quantitative estimate of drug-likeness (QED) is 0.312. The third-order valence-corrected chi connectivity index (χ3v) is 16.9. The Hall–Kier alpha value is -2.10. The third-order valence-electron chi connectivity index (χ3n) is 8.42. The number of nitrogens with one attached hydrogen (secondary N) is 2. The van der Waals surface area contributed by atoms with E-state index < -0.39 is 59.2 Å². The van der Waals surface area contributed by atoms with E-state index in [1.807, 2.05) is 33.9 Å². The van der Waals surface area contributed by atoms with Crippen molar-refractivity contribution in [2.45, 2.75) is 108 Å². The second-order valence-corrected chi connectivity index (χ2v) is 19.3. The van der Waals surface area contributed by atoms with Crippen molar-refractivity contribution in [3.05, 3.63) is 46.7 Å². The van der Waals surface area contributed by atoms with Gasteiger partial charge in [0.2, 0.25) is 5.09 Å². The Balaban J connectivity index is 1.84. The van der Waals surface area contributed by atoms with Crippen molar-refractivity contribution in [3.63, 3.8) is 0 Å². The van der Waals surface area contributed by atoms with Crippen LogP contribution in [0.4, 0.5) is 10.5 Å². The van der Waals surface area contributed by atoms with Crippen molar-refractivity contribution < 1.29 is 26.8 Å². The Labute approximate surface area is 231 Å². The van der Waals surface area contributed by atoms with Crippen LogP contribution in [0.25, 0.3) is 0 Å². The molecule has 1 heterocycles. The summed E-state index contributed by atoms with van der Waals surface area (Å²) in [6.07, 6.45) is 5.55. The van der Waals surface area contributed by atoms with E-state index >= 15 is 0 Å². The van der Waals surface area contributed by atoms with Gasteiger partial charge in [0.05, 0.1) is 11.9 Å². The number of carbonyl (C=O) groups is 1. The summed E-state index contributed by atoms with van der Waals surface area (Å²) in [6, 6.07) is 4.26. The third kappa shape index (κ3) is 5.14. The van der Waals surface area contributed by atoms with Crippen LogP contribution in [0.15, 0.2) is 34.0 Å². The minimum atomic E-state index is -4.30. The number of urea groups is 1. The molecule has 3 N–H and O–H groups in total. The fourth-order valence-electron chi connectivity index (χ4n) is 4.96. The maximum atomic E-state index is 14.5. The first kappa shape index (κ1) is 20.8. The molecule has 9 heteroatoms. The van der Waals surface area contributed by atoms with E-state index in [0.717, 1.165) is 58.8 Å². The molecule has 0 aliphatic heterocycles. The van der Waals surface area contributed by atoms with Gasteiger partial charge in [-0.05, 0) is 92.5 Å². The number of aliphatic hydroxyl groups is 1. The van der Waals surface area contributed by atoms with Gasteiger partial charge in [0, 0.05) is 25.5 Å². The number of amides is 2. The molecule has 4 rings (SSSR count). The van der Waals surface area contributed by atoms with Crippen molar-refractivity contribution in [3.8, 4) is 0 Å². The topological polar surface area (TPSA) is 107 Å². The first-order chi connectivity index (χ1) is 19.5. The monoisotopic (exact) mass is 551 g/mol. The van der Waals surface area contributed by atoms with Crippen LogP contribution in [0.5, 0.6) is 0 Å². The number of anilines is 1. The minimum absolute atomic E-state index is 0.202. The molecule has 2 aliphatic carbocycles. The molecular weight excluding hydrogens is 502 g/mol. The Kier molecular flexibility index (Phi) is 5.21. The summed E-state index contributed by atoms with van der Waals surface area (Å²) in [7, 11) is -7.45.